The van der Waals surface area contributed by atoms with Gasteiger partial charge in [0.1, 0.15) is 0 Å². The standard InChI is InChI=1S/C44H84N2O11/c1-4-7-10-22-34-52-42(49)55-37-25-16-13-19-29-45(30-20-14-17-26-38-56-43(50)53-35-23-11-8-5-2)32-28-33-46(40-41(47)48)31-21-15-18-27-39-57-44(51)54-36-24-12-9-6-3/h4-40H2,1-3H3,(H,47,48). The number of carbonyl (C=O) groups is 4. The molecule has 57 heavy (non-hydrogen) atoms. The molecule has 0 heterocycles. The third-order valence-corrected chi connectivity index (χ3v) is 9.73. The number of unbranched alkanes of at least 4 members (excludes halogenated alkanes) is 18. The van der Waals surface area contributed by atoms with Gasteiger partial charge in [0.05, 0.1) is 46.2 Å². The molecule has 0 aromatic rings. The van der Waals surface area contributed by atoms with E-state index in [-0.39, 0.29) is 6.54 Å². The number of nitrogens with zero attached hydrogens (tertiary/aromatic N) is 2. The van der Waals surface area contributed by atoms with Crippen molar-refractivity contribution in [3.05, 3.63) is 0 Å². The summed E-state index contributed by atoms with van der Waals surface area (Å²) in [6.07, 6.45) is 23.0. The second kappa shape index (κ2) is 42.8. The van der Waals surface area contributed by atoms with Crippen LogP contribution in [0.1, 0.15) is 181 Å². The van der Waals surface area contributed by atoms with Gasteiger partial charge in [-0.3, -0.25) is 9.69 Å². The Bertz CT molecular complexity index is 900. The van der Waals surface area contributed by atoms with Gasteiger partial charge in [0.15, 0.2) is 0 Å². The van der Waals surface area contributed by atoms with Crippen molar-refractivity contribution >= 4 is 24.4 Å². The van der Waals surface area contributed by atoms with Crippen LogP contribution >= 0.6 is 0 Å². The van der Waals surface area contributed by atoms with Crippen LogP contribution in [0.3, 0.4) is 0 Å². The first-order chi connectivity index (χ1) is 27.8. The average molecular weight is 817 g/mol. The van der Waals surface area contributed by atoms with Crippen LogP contribution in [-0.2, 0) is 33.2 Å². The second-order valence-corrected chi connectivity index (χ2v) is 15.1. The molecule has 0 amide bonds. The van der Waals surface area contributed by atoms with Crippen LogP contribution in [0.5, 0.6) is 0 Å². The van der Waals surface area contributed by atoms with E-state index in [0.29, 0.717) is 46.2 Å². The van der Waals surface area contributed by atoms with Gasteiger partial charge in [0.25, 0.3) is 0 Å². The molecule has 0 aliphatic carbocycles. The van der Waals surface area contributed by atoms with Crippen LogP contribution in [0.25, 0.3) is 0 Å². The summed E-state index contributed by atoms with van der Waals surface area (Å²) in [5.74, 6) is -0.818. The van der Waals surface area contributed by atoms with Gasteiger partial charge < -0.3 is 38.4 Å². The van der Waals surface area contributed by atoms with E-state index < -0.39 is 24.4 Å². The van der Waals surface area contributed by atoms with Crippen LogP contribution < -0.4 is 0 Å². The van der Waals surface area contributed by atoms with Gasteiger partial charge in [-0.1, -0.05) is 117 Å². The minimum absolute atomic E-state index is 0.0240. The van der Waals surface area contributed by atoms with Crippen molar-refractivity contribution in [1.82, 2.24) is 9.80 Å². The molecule has 0 aromatic carbocycles. The zero-order chi connectivity index (χ0) is 41.9. The summed E-state index contributed by atoms with van der Waals surface area (Å²) in [5.41, 5.74) is 0. The number of carboxylic acid groups (broad SMARTS) is 1. The molecule has 0 radical (unpaired) electrons. The smallest absolute Gasteiger partial charge is 0.480 e. The minimum atomic E-state index is -0.818. The maximum atomic E-state index is 11.8. The summed E-state index contributed by atoms with van der Waals surface area (Å²) in [5, 5.41) is 9.54. The maximum Gasteiger partial charge on any atom is 0.508 e. The second-order valence-electron chi connectivity index (χ2n) is 15.1. The molecule has 0 aliphatic heterocycles. The van der Waals surface area contributed by atoms with E-state index in [1.165, 1.54) is 0 Å². The number of hydrogen-bond acceptors (Lipinski definition) is 12. The molecular formula is C44H84N2O11. The largest absolute Gasteiger partial charge is 0.508 e. The van der Waals surface area contributed by atoms with Crippen molar-refractivity contribution in [1.29, 1.82) is 0 Å². The summed E-state index contributed by atoms with van der Waals surface area (Å²) in [7, 11) is 0. The van der Waals surface area contributed by atoms with Crippen molar-refractivity contribution in [2.75, 3.05) is 78.9 Å². The van der Waals surface area contributed by atoms with E-state index in [4.69, 9.17) is 28.4 Å². The van der Waals surface area contributed by atoms with Crippen molar-refractivity contribution in [3.8, 4) is 0 Å². The van der Waals surface area contributed by atoms with Gasteiger partial charge in [0, 0.05) is 0 Å². The fourth-order valence-electron chi connectivity index (χ4n) is 6.33. The molecule has 336 valence electrons. The van der Waals surface area contributed by atoms with Gasteiger partial charge in [-0.05, 0) is 96.9 Å². The Labute approximate surface area is 346 Å². The molecule has 0 bridgehead atoms. The molecule has 0 saturated heterocycles. The number of hydrogen-bond donors (Lipinski definition) is 1. The van der Waals surface area contributed by atoms with Crippen LogP contribution in [-0.4, -0.2) is 118 Å². The molecule has 1 N–H and O–H groups in total. The van der Waals surface area contributed by atoms with E-state index in [2.05, 4.69) is 25.7 Å². The molecule has 13 nitrogen and oxygen atoms in total. The maximum absolute atomic E-state index is 11.8. The number of carboxylic acids is 1. The van der Waals surface area contributed by atoms with Gasteiger partial charge in [-0.2, -0.15) is 0 Å². The molecule has 13 heteroatoms. The molecular weight excluding hydrogens is 732 g/mol. The van der Waals surface area contributed by atoms with Crippen molar-refractivity contribution in [2.45, 2.75) is 181 Å². The third-order valence-electron chi connectivity index (χ3n) is 9.73. The first-order valence-corrected chi connectivity index (χ1v) is 22.9. The molecule has 0 aromatic heterocycles. The fourth-order valence-corrected chi connectivity index (χ4v) is 6.33. The van der Waals surface area contributed by atoms with Gasteiger partial charge in [-0.25, -0.2) is 14.4 Å². The van der Waals surface area contributed by atoms with Crippen molar-refractivity contribution in [3.63, 3.8) is 0 Å². The Morgan fingerprint density at radius 2 is 0.579 bits per heavy atom. The van der Waals surface area contributed by atoms with Crippen LogP contribution in [0.4, 0.5) is 14.4 Å². The lowest BCUT2D eigenvalue weighted by Gasteiger charge is -2.25. The lowest BCUT2D eigenvalue weighted by atomic mass is 10.1. The topological polar surface area (TPSA) is 150 Å². The highest BCUT2D eigenvalue weighted by molar-refractivity contribution is 5.69. The highest BCUT2D eigenvalue weighted by Crippen LogP contribution is 2.10. The number of aliphatic carboxylic acids is 1. The van der Waals surface area contributed by atoms with Gasteiger partial charge in [-0.15, -0.1) is 0 Å². The van der Waals surface area contributed by atoms with E-state index in [1.54, 1.807) is 0 Å². The predicted octanol–water partition coefficient (Wildman–Crippen LogP) is 10.9. The highest BCUT2D eigenvalue weighted by atomic mass is 16.7. The quantitative estimate of drug-likeness (QED) is 0.0354. The van der Waals surface area contributed by atoms with E-state index in [1.807, 2.05) is 4.90 Å². The Hall–Kier alpha value is -2.80. The third kappa shape index (κ3) is 41.2. The summed E-state index contributed by atoms with van der Waals surface area (Å²) in [6.45, 7) is 13.0. The highest BCUT2D eigenvalue weighted by Gasteiger charge is 2.12. The Balaban J connectivity index is 4.53. The zero-order valence-electron chi connectivity index (χ0n) is 36.6. The Kier molecular flexibility index (Phi) is 40.7. The number of carbonyl (C=O) groups excluding carboxylic acids is 3. The lowest BCUT2D eigenvalue weighted by Crippen LogP contribution is -2.34. The van der Waals surface area contributed by atoms with Crippen molar-refractivity contribution < 1.29 is 52.7 Å². The van der Waals surface area contributed by atoms with Gasteiger partial charge >= 0.3 is 24.4 Å². The molecule has 0 spiro atoms. The number of ether oxygens (including phenoxy) is 6. The number of rotatable bonds is 42. The zero-order valence-corrected chi connectivity index (χ0v) is 36.6. The molecule has 0 unspecified atom stereocenters. The monoisotopic (exact) mass is 817 g/mol. The fraction of sp³-hybridized carbons (Fsp3) is 0.909. The molecule has 0 aliphatic rings. The summed E-state index contributed by atoms with van der Waals surface area (Å²) in [6, 6.07) is 0. The minimum Gasteiger partial charge on any atom is -0.480 e. The van der Waals surface area contributed by atoms with E-state index >= 15 is 0 Å². The van der Waals surface area contributed by atoms with E-state index in [0.717, 1.165) is 187 Å². The first kappa shape index (κ1) is 54.2. The van der Waals surface area contributed by atoms with Crippen LogP contribution in [0.2, 0.25) is 0 Å². The molecule has 0 atom stereocenters. The first-order valence-electron chi connectivity index (χ1n) is 22.9. The van der Waals surface area contributed by atoms with Crippen LogP contribution in [0.15, 0.2) is 0 Å². The summed E-state index contributed by atoms with van der Waals surface area (Å²) < 4.78 is 31.0. The normalized spacial score (nSPS) is 11.2. The Morgan fingerprint density at radius 1 is 0.333 bits per heavy atom. The van der Waals surface area contributed by atoms with Gasteiger partial charge in [0.2, 0.25) is 0 Å². The Morgan fingerprint density at radius 3 is 0.877 bits per heavy atom. The lowest BCUT2D eigenvalue weighted by molar-refractivity contribution is -0.138. The van der Waals surface area contributed by atoms with E-state index in [9.17, 15) is 24.3 Å². The predicted molar refractivity (Wildman–Crippen MR) is 225 cm³/mol. The van der Waals surface area contributed by atoms with Crippen LogP contribution in [0, 0.1) is 0 Å². The van der Waals surface area contributed by atoms with Crippen molar-refractivity contribution in [2.24, 2.45) is 0 Å². The summed E-state index contributed by atoms with van der Waals surface area (Å²) >= 11 is 0. The molecule has 0 rings (SSSR count). The molecule has 0 saturated carbocycles. The average Bonchev–Trinajstić information content (AvgIpc) is 3.18. The SMILES string of the molecule is CCCCCCOC(=O)OCCCCCCN(CCCCCCOC(=O)OCCCCCC)CCCN(CCCCCCOC(=O)OCCCCCC)CC(=O)O. The molecule has 0 fully saturated rings. The summed E-state index contributed by atoms with van der Waals surface area (Å²) in [4.78, 5) is 51.4.